The van der Waals surface area contributed by atoms with Gasteiger partial charge in [-0.25, -0.2) is 18.1 Å². The number of amides is 1. The molecule has 0 aliphatic rings. The fourth-order valence-electron chi connectivity index (χ4n) is 2.94. The number of hydrogen-bond donors (Lipinski definition) is 2. The quantitative estimate of drug-likeness (QED) is 0.587. The van der Waals surface area contributed by atoms with Crippen molar-refractivity contribution in [3.63, 3.8) is 0 Å². The van der Waals surface area contributed by atoms with Gasteiger partial charge < -0.3 is 4.74 Å². The van der Waals surface area contributed by atoms with Crippen LogP contribution >= 0.6 is 0 Å². The highest BCUT2D eigenvalue weighted by Gasteiger charge is 2.27. The minimum atomic E-state index is -3.89. The van der Waals surface area contributed by atoms with Crippen LogP contribution in [0.1, 0.15) is 20.3 Å². The number of hydrogen-bond acceptors (Lipinski definition) is 5. The number of aromatic nitrogens is 2. The number of ether oxygens (including phenoxy) is 1. The van der Waals surface area contributed by atoms with Crippen molar-refractivity contribution in [2.24, 2.45) is 5.92 Å². The number of rotatable bonds is 8. The molecule has 3 rings (SSSR count). The van der Waals surface area contributed by atoms with Crippen LogP contribution in [0.5, 0.6) is 5.75 Å². The van der Waals surface area contributed by atoms with Gasteiger partial charge in [0.05, 0.1) is 23.0 Å². The summed E-state index contributed by atoms with van der Waals surface area (Å²) in [5.74, 6) is 0.190. The highest BCUT2D eigenvalue weighted by atomic mass is 32.2. The van der Waals surface area contributed by atoms with Crippen LogP contribution in [0.25, 0.3) is 11.0 Å². The first kappa shape index (κ1) is 20.8. The first-order chi connectivity index (χ1) is 13.8. The molecular weight excluding hydrogens is 392 g/mol. The lowest BCUT2D eigenvalue weighted by atomic mass is 10.0. The Morgan fingerprint density at radius 1 is 1.14 bits per heavy atom. The van der Waals surface area contributed by atoms with Crippen LogP contribution < -0.4 is 14.9 Å². The average Bonchev–Trinajstić information content (AvgIpc) is 3.10. The number of fused-ring (bicyclic) bond motifs is 1. The van der Waals surface area contributed by atoms with Crippen LogP contribution in [-0.4, -0.2) is 37.1 Å². The maximum absolute atomic E-state index is 12.9. The molecule has 9 heteroatoms. The summed E-state index contributed by atoms with van der Waals surface area (Å²) in [6, 6.07) is 12.4. The Balaban J connectivity index is 1.81. The van der Waals surface area contributed by atoms with Crippen LogP contribution in [0.2, 0.25) is 0 Å². The largest absolute Gasteiger partial charge is 0.497 e. The first-order valence-corrected chi connectivity index (χ1v) is 10.7. The van der Waals surface area contributed by atoms with Crippen molar-refractivity contribution in [3.05, 3.63) is 54.9 Å². The molecule has 2 N–H and O–H groups in total. The van der Waals surface area contributed by atoms with Crippen LogP contribution in [0.15, 0.2) is 59.8 Å². The van der Waals surface area contributed by atoms with Gasteiger partial charge in [-0.2, -0.15) is 4.72 Å². The van der Waals surface area contributed by atoms with E-state index < -0.39 is 22.0 Å². The number of benzene rings is 2. The second kappa shape index (κ2) is 8.62. The number of nitrogens with one attached hydrogen (secondary N) is 2. The Bertz CT molecular complexity index is 1090. The lowest BCUT2D eigenvalue weighted by Crippen LogP contribution is -2.46. The van der Waals surface area contributed by atoms with E-state index in [1.165, 1.54) is 30.2 Å². The molecule has 0 radical (unpaired) electrons. The molecule has 1 unspecified atom stereocenters. The number of methoxy groups -OCH3 is 1. The second-order valence-electron chi connectivity index (χ2n) is 7.06. The van der Waals surface area contributed by atoms with Gasteiger partial charge >= 0.3 is 0 Å². The van der Waals surface area contributed by atoms with Gasteiger partial charge in [-0.1, -0.05) is 26.0 Å². The normalized spacial score (nSPS) is 12.8. The molecule has 0 aliphatic heterocycles. The molecule has 1 atom stereocenters. The van der Waals surface area contributed by atoms with E-state index in [0.717, 1.165) is 11.0 Å². The van der Waals surface area contributed by atoms with Gasteiger partial charge in [-0.3, -0.25) is 10.2 Å². The molecule has 2 aromatic carbocycles. The number of sulfonamides is 1. The molecule has 0 aliphatic carbocycles. The molecule has 0 spiro atoms. The molecule has 1 heterocycles. The Hall–Kier alpha value is -2.91. The Kier molecular flexibility index (Phi) is 6.19. The standard InChI is InChI=1S/C20H24N4O4S/c1-14(2)12-18(23-29(26,27)16-10-8-15(28-3)9-11-16)20(25)22-24-13-21-17-6-4-5-7-19(17)24/h4-11,13-14,18,23H,12H2,1-3H3,(H,22,25). The molecule has 0 saturated carbocycles. The number of carbonyl (C=O) groups excluding carboxylic acids is 1. The molecule has 1 aromatic heterocycles. The summed E-state index contributed by atoms with van der Waals surface area (Å²) in [7, 11) is -2.38. The summed E-state index contributed by atoms with van der Waals surface area (Å²) in [5, 5.41) is 0. The fraction of sp³-hybridized carbons (Fsp3) is 0.300. The molecule has 29 heavy (non-hydrogen) atoms. The van der Waals surface area contributed by atoms with Crippen LogP contribution in [0.3, 0.4) is 0 Å². The predicted octanol–water partition coefficient (Wildman–Crippen LogP) is 2.51. The zero-order chi connectivity index (χ0) is 21.0. The topological polar surface area (TPSA) is 102 Å². The molecule has 154 valence electrons. The smallest absolute Gasteiger partial charge is 0.257 e. The van der Waals surface area contributed by atoms with Crippen LogP contribution in [0.4, 0.5) is 0 Å². The van der Waals surface area contributed by atoms with Crippen molar-refractivity contribution in [1.82, 2.24) is 14.4 Å². The van der Waals surface area contributed by atoms with Gasteiger partial charge in [0.15, 0.2) is 0 Å². The van der Waals surface area contributed by atoms with Crippen LogP contribution in [-0.2, 0) is 14.8 Å². The first-order valence-electron chi connectivity index (χ1n) is 9.19. The van der Waals surface area contributed by atoms with Crippen molar-refractivity contribution >= 4 is 27.0 Å². The summed E-state index contributed by atoms with van der Waals surface area (Å²) >= 11 is 0. The Morgan fingerprint density at radius 3 is 2.48 bits per heavy atom. The lowest BCUT2D eigenvalue weighted by Gasteiger charge is -2.20. The minimum Gasteiger partial charge on any atom is -0.497 e. The summed E-state index contributed by atoms with van der Waals surface area (Å²) in [5.41, 5.74) is 4.18. The molecular formula is C20H24N4O4S. The molecule has 0 bridgehead atoms. The van der Waals surface area contributed by atoms with E-state index in [2.05, 4.69) is 15.1 Å². The van der Waals surface area contributed by atoms with Crippen molar-refractivity contribution in [1.29, 1.82) is 0 Å². The minimum absolute atomic E-state index is 0.0629. The van der Waals surface area contributed by atoms with Crippen molar-refractivity contribution < 1.29 is 17.9 Å². The average molecular weight is 417 g/mol. The van der Waals surface area contributed by atoms with Crippen LogP contribution in [0, 0.1) is 5.92 Å². The van der Waals surface area contributed by atoms with E-state index in [1.54, 1.807) is 12.1 Å². The van der Waals surface area contributed by atoms with Gasteiger partial charge in [-0.05, 0) is 48.7 Å². The maximum atomic E-state index is 12.9. The summed E-state index contributed by atoms with van der Waals surface area (Å²) in [4.78, 5) is 17.2. The van der Waals surface area contributed by atoms with Gasteiger partial charge in [-0.15, -0.1) is 0 Å². The van der Waals surface area contributed by atoms with Gasteiger partial charge in [0.25, 0.3) is 5.91 Å². The summed E-state index contributed by atoms with van der Waals surface area (Å²) < 4.78 is 34.7. The zero-order valence-electron chi connectivity index (χ0n) is 16.5. The molecule has 0 fully saturated rings. The van der Waals surface area contributed by atoms with Crippen molar-refractivity contribution in [2.75, 3.05) is 12.5 Å². The monoisotopic (exact) mass is 416 g/mol. The third-order valence-corrected chi connectivity index (χ3v) is 5.86. The van der Waals surface area contributed by atoms with E-state index in [0.29, 0.717) is 12.2 Å². The van der Waals surface area contributed by atoms with Gasteiger partial charge in [0.1, 0.15) is 18.1 Å². The third kappa shape index (κ3) is 4.93. The number of para-hydroxylation sites is 2. The SMILES string of the molecule is COc1ccc(S(=O)(=O)NC(CC(C)C)C(=O)Nn2cnc3ccccc32)cc1. The van der Waals surface area contributed by atoms with E-state index in [-0.39, 0.29) is 10.8 Å². The molecule has 3 aromatic rings. The Labute approximate surface area is 169 Å². The number of imidazole rings is 1. The van der Waals surface area contributed by atoms with Crippen molar-refractivity contribution in [2.45, 2.75) is 31.2 Å². The fourth-order valence-corrected chi connectivity index (χ4v) is 4.14. The van der Waals surface area contributed by atoms with E-state index in [1.807, 2.05) is 38.1 Å². The van der Waals surface area contributed by atoms with Gasteiger partial charge in [0, 0.05) is 0 Å². The highest BCUT2D eigenvalue weighted by molar-refractivity contribution is 7.89. The number of carbonyl (C=O) groups is 1. The molecule has 8 nitrogen and oxygen atoms in total. The lowest BCUT2D eigenvalue weighted by molar-refractivity contribution is -0.119. The predicted molar refractivity (Wildman–Crippen MR) is 111 cm³/mol. The second-order valence-corrected chi connectivity index (χ2v) is 8.77. The summed E-state index contributed by atoms with van der Waals surface area (Å²) in [6.07, 6.45) is 1.83. The van der Waals surface area contributed by atoms with Gasteiger partial charge in [0.2, 0.25) is 10.0 Å². The Morgan fingerprint density at radius 2 is 1.83 bits per heavy atom. The highest BCUT2D eigenvalue weighted by Crippen LogP contribution is 2.17. The zero-order valence-corrected chi connectivity index (χ0v) is 17.3. The summed E-state index contributed by atoms with van der Waals surface area (Å²) in [6.45, 7) is 3.85. The maximum Gasteiger partial charge on any atom is 0.257 e. The van der Waals surface area contributed by atoms with E-state index in [9.17, 15) is 13.2 Å². The third-order valence-electron chi connectivity index (χ3n) is 4.37. The van der Waals surface area contributed by atoms with E-state index >= 15 is 0 Å². The molecule has 0 saturated heterocycles. The molecule has 1 amide bonds. The van der Waals surface area contributed by atoms with E-state index in [4.69, 9.17) is 4.74 Å². The number of nitrogens with zero attached hydrogens (tertiary/aromatic N) is 2. The van der Waals surface area contributed by atoms with Crippen molar-refractivity contribution in [3.8, 4) is 5.75 Å².